The number of nitrogens with zero attached hydrogens (tertiary/aromatic N) is 1. The highest BCUT2D eigenvalue weighted by Crippen LogP contribution is 2.39. The maximum Gasteiger partial charge on any atom is 0.174 e. The molecule has 1 N–H and O–H groups in total. The third-order valence-electron chi connectivity index (χ3n) is 5.82. The highest BCUT2D eigenvalue weighted by Gasteiger charge is 2.31. The van der Waals surface area contributed by atoms with Crippen LogP contribution < -0.4 is 24.3 Å². The van der Waals surface area contributed by atoms with Gasteiger partial charge in [-0.05, 0) is 101 Å². The van der Waals surface area contributed by atoms with Gasteiger partial charge in [0, 0.05) is 15.8 Å². The van der Waals surface area contributed by atoms with E-state index in [0.717, 1.165) is 30.0 Å². The van der Waals surface area contributed by atoms with Gasteiger partial charge in [-0.3, -0.25) is 0 Å². The molecule has 34 heavy (non-hydrogen) atoms. The molecular weight excluding hydrogens is 563 g/mol. The Kier molecular flexibility index (Phi) is 7.99. The average molecular weight is 590 g/mol. The van der Waals surface area contributed by atoms with Gasteiger partial charge in [0.15, 0.2) is 28.1 Å². The molecule has 0 spiro atoms. The van der Waals surface area contributed by atoms with Gasteiger partial charge in [0.25, 0.3) is 0 Å². The van der Waals surface area contributed by atoms with Crippen LogP contribution in [-0.4, -0.2) is 44.5 Å². The molecule has 4 rings (SSSR count). The number of hydrogen-bond acceptors (Lipinski definition) is 5. The maximum absolute atomic E-state index is 6.27. The predicted octanol–water partition coefficient (Wildman–Crippen LogP) is 5.69. The second-order valence-corrected chi connectivity index (χ2v) is 9.40. The Morgan fingerprint density at radius 3 is 2.26 bits per heavy atom. The summed E-state index contributed by atoms with van der Waals surface area (Å²) < 4.78 is 24.0. The first-order chi connectivity index (χ1) is 16.5. The maximum atomic E-state index is 6.27. The first-order valence-electron chi connectivity index (χ1n) is 10.9. The zero-order valence-corrected chi connectivity index (χ0v) is 22.3. The van der Waals surface area contributed by atoms with Crippen molar-refractivity contribution in [3.63, 3.8) is 0 Å². The number of rotatable bonds is 7. The van der Waals surface area contributed by atoms with Gasteiger partial charge in [-0.25, -0.2) is 0 Å². The zero-order valence-electron chi connectivity index (χ0n) is 19.3. The van der Waals surface area contributed by atoms with Gasteiger partial charge in [0.2, 0.25) is 0 Å². The van der Waals surface area contributed by atoms with Crippen molar-refractivity contribution in [3.8, 4) is 23.0 Å². The minimum Gasteiger partial charge on any atom is -0.493 e. The van der Waals surface area contributed by atoms with Crippen molar-refractivity contribution in [1.29, 1.82) is 0 Å². The monoisotopic (exact) mass is 590 g/mol. The van der Waals surface area contributed by atoms with E-state index in [-0.39, 0.29) is 6.04 Å². The molecule has 0 aliphatic carbocycles. The number of nitrogens with one attached hydrogen (secondary N) is 1. The van der Waals surface area contributed by atoms with E-state index in [1.807, 2.05) is 42.5 Å². The van der Waals surface area contributed by atoms with Crippen LogP contribution in [0.5, 0.6) is 23.0 Å². The van der Waals surface area contributed by atoms with Crippen LogP contribution >= 0.6 is 34.8 Å². The minimum atomic E-state index is -0.127. The first kappa shape index (κ1) is 24.4. The molecule has 1 aliphatic rings. The highest BCUT2D eigenvalue weighted by atomic mass is 127. The molecule has 0 aromatic heterocycles. The van der Waals surface area contributed by atoms with Gasteiger partial charge in [0.05, 0.1) is 27.4 Å². The predicted molar refractivity (Wildman–Crippen MR) is 147 cm³/mol. The Morgan fingerprint density at radius 1 is 0.941 bits per heavy atom. The van der Waals surface area contributed by atoms with E-state index in [0.29, 0.717) is 29.0 Å². The smallest absolute Gasteiger partial charge is 0.174 e. The third kappa shape index (κ3) is 5.33. The molecule has 1 atom stereocenters. The summed E-state index contributed by atoms with van der Waals surface area (Å²) in [5.74, 6) is 2.78. The van der Waals surface area contributed by atoms with Crippen LogP contribution in [0, 0.1) is 3.57 Å². The van der Waals surface area contributed by atoms with Crippen molar-refractivity contribution >= 4 is 45.6 Å². The van der Waals surface area contributed by atoms with E-state index in [1.54, 1.807) is 21.3 Å². The summed E-state index contributed by atoms with van der Waals surface area (Å²) in [5, 5.41) is 4.04. The topological polar surface area (TPSA) is 52.2 Å². The molecule has 8 heteroatoms. The number of halogens is 1. The van der Waals surface area contributed by atoms with E-state index in [4.69, 9.17) is 31.2 Å². The Morgan fingerprint density at radius 2 is 1.59 bits per heavy atom. The summed E-state index contributed by atoms with van der Waals surface area (Å²) >= 11 is 8.15. The summed E-state index contributed by atoms with van der Waals surface area (Å²) in [6.07, 6.45) is 0.829. The van der Waals surface area contributed by atoms with E-state index >= 15 is 0 Å². The van der Waals surface area contributed by atoms with E-state index in [2.05, 4.69) is 51.0 Å². The van der Waals surface area contributed by atoms with Crippen molar-refractivity contribution in [2.45, 2.75) is 12.5 Å². The number of methoxy groups -OCH3 is 3. The molecule has 0 radical (unpaired) electrons. The lowest BCUT2D eigenvalue weighted by Crippen LogP contribution is -2.44. The van der Waals surface area contributed by atoms with Crippen molar-refractivity contribution in [1.82, 2.24) is 4.90 Å². The van der Waals surface area contributed by atoms with Crippen molar-refractivity contribution in [3.05, 3.63) is 75.4 Å². The Labute approximate surface area is 219 Å². The van der Waals surface area contributed by atoms with Crippen LogP contribution in [0.4, 0.5) is 5.69 Å². The Balaban J connectivity index is 1.66. The molecule has 0 amide bonds. The molecular formula is C26H27IN2O4S. The van der Waals surface area contributed by atoms with E-state index in [1.165, 1.54) is 9.13 Å². The van der Waals surface area contributed by atoms with E-state index in [9.17, 15) is 0 Å². The van der Waals surface area contributed by atoms with Gasteiger partial charge in [0.1, 0.15) is 6.61 Å². The Hall–Kier alpha value is -2.72. The molecule has 0 fully saturated rings. The fourth-order valence-corrected chi connectivity index (χ4v) is 4.78. The number of anilines is 1. The molecule has 3 aromatic rings. The quantitative estimate of drug-likeness (QED) is 0.280. The molecule has 0 saturated heterocycles. The summed E-state index contributed by atoms with van der Waals surface area (Å²) in [6, 6.07) is 19.8. The number of fused-ring (bicyclic) bond motifs is 1. The molecule has 0 bridgehead atoms. The van der Waals surface area contributed by atoms with Crippen LogP contribution in [0.25, 0.3) is 0 Å². The van der Waals surface area contributed by atoms with Gasteiger partial charge < -0.3 is 29.2 Å². The van der Waals surface area contributed by atoms with Gasteiger partial charge in [-0.1, -0.05) is 12.1 Å². The minimum absolute atomic E-state index is 0.127. The lowest BCUT2D eigenvalue weighted by molar-refractivity contribution is 0.185. The summed E-state index contributed by atoms with van der Waals surface area (Å²) in [6.45, 7) is 1.13. The lowest BCUT2D eigenvalue weighted by Gasteiger charge is -2.39. The summed E-state index contributed by atoms with van der Waals surface area (Å²) in [4.78, 5) is 2.18. The third-order valence-corrected chi connectivity index (χ3v) is 6.88. The number of thiocarbonyl (C=S) groups is 1. The molecule has 0 unspecified atom stereocenters. The normalized spacial score (nSPS) is 14.7. The number of benzene rings is 3. The standard InChI is InChI=1S/C26H27IN2O4S/c1-30-22-6-4-5-7-23(22)33-16-21-20-15-25(32-3)24(31-2)14-17(20)12-13-29(21)26(34)28-19-10-8-18(27)9-11-19/h4-11,14-15,21H,12-13,16H2,1-3H3,(H,28,34)/t21-/m1/s1. The zero-order chi connectivity index (χ0) is 24.1. The molecule has 0 saturated carbocycles. The number of ether oxygens (including phenoxy) is 4. The van der Waals surface area contributed by atoms with Crippen molar-refractivity contribution in [2.24, 2.45) is 0 Å². The van der Waals surface area contributed by atoms with Crippen molar-refractivity contribution < 1.29 is 18.9 Å². The first-order valence-corrected chi connectivity index (χ1v) is 12.4. The van der Waals surface area contributed by atoms with Crippen LogP contribution in [0.3, 0.4) is 0 Å². The van der Waals surface area contributed by atoms with Crippen molar-refractivity contribution in [2.75, 3.05) is 39.8 Å². The number of hydrogen-bond donors (Lipinski definition) is 1. The fourth-order valence-electron chi connectivity index (χ4n) is 4.09. The second kappa shape index (κ2) is 11.1. The fraction of sp³-hybridized carbons (Fsp3) is 0.269. The SMILES string of the molecule is COc1cc2c(cc1OC)[C@@H](COc1ccccc1OC)N(C(=S)Nc1ccc(I)cc1)CC2. The summed E-state index contributed by atoms with van der Waals surface area (Å²) in [7, 11) is 4.94. The molecule has 178 valence electrons. The Bertz CT molecular complexity index is 1160. The molecule has 1 aliphatic heterocycles. The van der Waals surface area contributed by atoms with Gasteiger partial charge in [-0.15, -0.1) is 0 Å². The van der Waals surface area contributed by atoms with Crippen LogP contribution in [0.1, 0.15) is 17.2 Å². The van der Waals surface area contributed by atoms with Crippen LogP contribution in [0.2, 0.25) is 0 Å². The largest absolute Gasteiger partial charge is 0.493 e. The van der Waals surface area contributed by atoms with E-state index < -0.39 is 0 Å². The van der Waals surface area contributed by atoms with Crippen LogP contribution in [0.15, 0.2) is 60.7 Å². The summed E-state index contributed by atoms with van der Waals surface area (Å²) in [5.41, 5.74) is 3.25. The molecule has 3 aromatic carbocycles. The van der Waals surface area contributed by atoms with Gasteiger partial charge >= 0.3 is 0 Å². The second-order valence-electron chi connectivity index (χ2n) is 7.76. The average Bonchev–Trinajstić information content (AvgIpc) is 2.87. The highest BCUT2D eigenvalue weighted by molar-refractivity contribution is 14.1. The lowest BCUT2D eigenvalue weighted by atomic mass is 9.92. The molecule has 6 nitrogen and oxygen atoms in total. The van der Waals surface area contributed by atoms with Gasteiger partial charge in [-0.2, -0.15) is 0 Å². The number of para-hydroxylation sites is 2. The molecule has 1 heterocycles. The van der Waals surface area contributed by atoms with Crippen LogP contribution in [-0.2, 0) is 6.42 Å².